The Labute approximate surface area is 128 Å². The molecule has 114 valence electrons. The molecule has 1 atom stereocenters. The topological polar surface area (TPSA) is 29.1 Å². The summed E-state index contributed by atoms with van der Waals surface area (Å²) in [6.45, 7) is 4.05. The van der Waals surface area contributed by atoms with E-state index in [-0.39, 0.29) is 5.41 Å². The van der Waals surface area contributed by atoms with Gasteiger partial charge in [0.2, 0.25) is 0 Å². The van der Waals surface area contributed by atoms with Crippen molar-refractivity contribution < 1.29 is 4.79 Å². The number of rotatable bonds is 4. The van der Waals surface area contributed by atoms with E-state index >= 15 is 0 Å². The molecule has 2 heteroatoms. The van der Waals surface area contributed by atoms with Crippen LogP contribution in [0, 0.1) is 5.92 Å². The quantitative estimate of drug-likeness (QED) is 0.915. The summed E-state index contributed by atoms with van der Waals surface area (Å²) >= 11 is 0. The molecule has 0 spiro atoms. The van der Waals surface area contributed by atoms with Crippen LogP contribution in [0.2, 0.25) is 0 Å². The van der Waals surface area contributed by atoms with Crippen LogP contribution < -0.4 is 5.32 Å². The van der Waals surface area contributed by atoms with E-state index in [0.29, 0.717) is 11.7 Å². The second-order valence-corrected chi connectivity index (χ2v) is 6.76. The highest BCUT2D eigenvalue weighted by molar-refractivity contribution is 5.92. The van der Waals surface area contributed by atoms with Gasteiger partial charge >= 0.3 is 0 Å². The van der Waals surface area contributed by atoms with E-state index in [1.807, 2.05) is 0 Å². The SMILES string of the molecule is CCc1ccc(C2(C(=O)C3CCCC3)CCCNC2)cc1. The summed E-state index contributed by atoms with van der Waals surface area (Å²) in [5.74, 6) is 0.812. The van der Waals surface area contributed by atoms with Crippen molar-refractivity contribution in [2.24, 2.45) is 5.92 Å². The molecular weight excluding hydrogens is 258 g/mol. The van der Waals surface area contributed by atoms with Crippen molar-refractivity contribution in [1.29, 1.82) is 0 Å². The summed E-state index contributed by atoms with van der Waals surface area (Å²) in [5.41, 5.74) is 2.33. The fourth-order valence-electron chi connectivity index (χ4n) is 4.14. The molecule has 1 heterocycles. The summed E-state index contributed by atoms with van der Waals surface area (Å²) in [6.07, 6.45) is 7.85. The van der Waals surface area contributed by atoms with Crippen LogP contribution in [0.25, 0.3) is 0 Å². The van der Waals surface area contributed by atoms with Crippen LogP contribution in [0.3, 0.4) is 0 Å². The van der Waals surface area contributed by atoms with Gasteiger partial charge in [0.05, 0.1) is 5.41 Å². The predicted molar refractivity (Wildman–Crippen MR) is 86.6 cm³/mol. The third kappa shape index (κ3) is 2.78. The first-order chi connectivity index (χ1) is 10.3. The zero-order valence-corrected chi connectivity index (χ0v) is 13.2. The Hall–Kier alpha value is -1.15. The summed E-state index contributed by atoms with van der Waals surface area (Å²) in [7, 11) is 0. The molecule has 3 rings (SSSR count). The van der Waals surface area contributed by atoms with Gasteiger partial charge < -0.3 is 5.32 Å². The minimum absolute atomic E-state index is 0.264. The molecule has 2 fully saturated rings. The average molecular weight is 285 g/mol. The Kier molecular flexibility index (Phi) is 4.44. The van der Waals surface area contributed by atoms with Crippen LogP contribution in [0.4, 0.5) is 0 Å². The maximum absolute atomic E-state index is 13.2. The van der Waals surface area contributed by atoms with Gasteiger partial charge in [0.1, 0.15) is 5.78 Å². The van der Waals surface area contributed by atoms with Crippen LogP contribution in [-0.4, -0.2) is 18.9 Å². The first-order valence-corrected chi connectivity index (χ1v) is 8.61. The van der Waals surface area contributed by atoms with E-state index in [1.165, 1.54) is 24.0 Å². The number of carbonyl (C=O) groups excluding carboxylic acids is 1. The summed E-state index contributed by atoms with van der Waals surface area (Å²) in [6, 6.07) is 8.82. The molecule has 2 nitrogen and oxygen atoms in total. The second-order valence-electron chi connectivity index (χ2n) is 6.76. The molecule has 1 unspecified atom stereocenters. The van der Waals surface area contributed by atoms with E-state index in [0.717, 1.165) is 45.2 Å². The van der Waals surface area contributed by atoms with Crippen LogP contribution >= 0.6 is 0 Å². The molecule has 1 aromatic rings. The molecule has 0 aromatic heterocycles. The molecule has 1 saturated carbocycles. The number of ketones is 1. The van der Waals surface area contributed by atoms with Gasteiger partial charge in [0.15, 0.2) is 0 Å². The molecule has 1 aliphatic carbocycles. The third-order valence-corrected chi connectivity index (χ3v) is 5.50. The first kappa shape index (κ1) is 14.8. The van der Waals surface area contributed by atoms with Crippen molar-refractivity contribution in [3.63, 3.8) is 0 Å². The Morgan fingerprint density at radius 3 is 2.48 bits per heavy atom. The zero-order chi connectivity index (χ0) is 14.7. The minimum Gasteiger partial charge on any atom is -0.315 e. The number of carbonyl (C=O) groups is 1. The lowest BCUT2D eigenvalue weighted by Gasteiger charge is -2.38. The fourth-order valence-corrected chi connectivity index (χ4v) is 4.14. The number of benzene rings is 1. The lowest BCUT2D eigenvalue weighted by Crippen LogP contribution is -2.51. The van der Waals surface area contributed by atoms with Gasteiger partial charge in [0, 0.05) is 12.5 Å². The summed E-state index contributed by atoms with van der Waals surface area (Å²) in [5, 5.41) is 3.49. The number of hydrogen-bond donors (Lipinski definition) is 1. The van der Waals surface area contributed by atoms with Gasteiger partial charge in [-0.25, -0.2) is 0 Å². The van der Waals surface area contributed by atoms with E-state index in [9.17, 15) is 4.79 Å². The Morgan fingerprint density at radius 2 is 1.90 bits per heavy atom. The molecule has 1 aliphatic heterocycles. The van der Waals surface area contributed by atoms with Crippen molar-refractivity contribution >= 4 is 5.78 Å². The lowest BCUT2D eigenvalue weighted by molar-refractivity contribution is -0.129. The zero-order valence-electron chi connectivity index (χ0n) is 13.2. The minimum atomic E-state index is -0.264. The van der Waals surface area contributed by atoms with Crippen LogP contribution in [0.15, 0.2) is 24.3 Å². The molecule has 0 radical (unpaired) electrons. The molecule has 1 saturated heterocycles. The summed E-state index contributed by atoms with van der Waals surface area (Å²) in [4.78, 5) is 13.2. The number of nitrogens with one attached hydrogen (secondary N) is 1. The monoisotopic (exact) mass is 285 g/mol. The van der Waals surface area contributed by atoms with E-state index in [4.69, 9.17) is 0 Å². The normalized spacial score (nSPS) is 26.9. The Morgan fingerprint density at radius 1 is 1.19 bits per heavy atom. The van der Waals surface area contributed by atoms with Gasteiger partial charge in [-0.15, -0.1) is 0 Å². The van der Waals surface area contributed by atoms with E-state index in [1.54, 1.807) is 0 Å². The number of Topliss-reactive ketones (excluding diaryl/α,β-unsaturated/α-hetero) is 1. The molecule has 21 heavy (non-hydrogen) atoms. The predicted octanol–water partition coefficient (Wildman–Crippen LogP) is 3.63. The van der Waals surface area contributed by atoms with E-state index in [2.05, 4.69) is 36.5 Å². The van der Waals surface area contributed by atoms with E-state index < -0.39 is 0 Å². The van der Waals surface area contributed by atoms with Gasteiger partial charge in [-0.3, -0.25) is 4.79 Å². The maximum atomic E-state index is 13.2. The Bertz CT molecular complexity index is 479. The van der Waals surface area contributed by atoms with Crippen molar-refractivity contribution in [3.8, 4) is 0 Å². The number of aryl methyl sites for hydroxylation is 1. The van der Waals surface area contributed by atoms with Crippen molar-refractivity contribution in [2.75, 3.05) is 13.1 Å². The van der Waals surface area contributed by atoms with Gasteiger partial charge in [-0.05, 0) is 49.8 Å². The van der Waals surface area contributed by atoms with Crippen molar-refractivity contribution in [2.45, 2.75) is 57.3 Å². The highest BCUT2D eigenvalue weighted by Crippen LogP contribution is 2.39. The van der Waals surface area contributed by atoms with Crippen molar-refractivity contribution in [3.05, 3.63) is 35.4 Å². The Balaban J connectivity index is 1.93. The largest absolute Gasteiger partial charge is 0.315 e. The standard InChI is InChI=1S/C19H27NO/c1-2-15-8-10-17(11-9-15)19(12-5-13-20-14-19)18(21)16-6-3-4-7-16/h8-11,16,20H,2-7,12-14H2,1H3. The van der Waals surface area contributed by atoms with Crippen LogP contribution in [0.1, 0.15) is 56.6 Å². The van der Waals surface area contributed by atoms with Gasteiger partial charge in [0.25, 0.3) is 0 Å². The molecule has 0 amide bonds. The van der Waals surface area contributed by atoms with Gasteiger partial charge in [-0.2, -0.15) is 0 Å². The molecule has 1 N–H and O–H groups in total. The third-order valence-electron chi connectivity index (χ3n) is 5.50. The molecule has 0 bridgehead atoms. The smallest absolute Gasteiger partial charge is 0.147 e. The molecule has 1 aromatic carbocycles. The molecular formula is C19H27NO. The second kappa shape index (κ2) is 6.31. The summed E-state index contributed by atoms with van der Waals surface area (Å²) < 4.78 is 0. The lowest BCUT2D eigenvalue weighted by atomic mass is 9.68. The number of piperidine rings is 1. The first-order valence-electron chi connectivity index (χ1n) is 8.61. The fraction of sp³-hybridized carbons (Fsp3) is 0.632. The van der Waals surface area contributed by atoms with Crippen molar-refractivity contribution in [1.82, 2.24) is 5.32 Å². The molecule has 2 aliphatic rings. The van der Waals surface area contributed by atoms with Gasteiger partial charge in [-0.1, -0.05) is 44.0 Å². The number of hydrogen-bond acceptors (Lipinski definition) is 2. The van der Waals surface area contributed by atoms with Crippen LogP contribution in [-0.2, 0) is 16.6 Å². The highest BCUT2D eigenvalue weighted by atomic mass is 16.1. The average Bonchev–Trinajstić information content (AvgIpc) is 3.09. The van der Waals surface area contributed by atoms with Crippen LogP contribution in [0.5, 0.6) is 0 Å². The maximum Gasteiger partial charge on any atom is 0.147 e. The highest BCUT2D eigenvalue weighted by Gasteiger charge is 2.44.